The van der Waals surface area contributed by atoms with Crippen molar-refractivity contribution in [2.75, 3.05) is 6.54 Å². The maximum Gasteiger partial charge on any atom is 0.226 e. The van der Waals surface area contributed by atoms with Crippen LogP contribution in [-0.4, -0.2) is 12.5 Å². The van der Waals surface area contributed by atoms with E-state index in [1.54, 1.807) is 0 Å². The van der Waals surface area contributed by atoms with Gasteiger partial charge in [-0.2, -0.15) is 0 Å². The van der Waals surface area contributed by atoms with Crippen LogP contribution >= 0.6 is 0 Å². The van der Waals surface area contributed by atoms with Crippen molar-refractivity contribution in [3.8, 4) is 0 Å². The second-order valence-corrected chi connectivity index (χ2v) is 7.82. The molecule has 0 aromatic heterocycles. The summed E-state index contributed by atoms with van der Waals surface area (Å²) in [5, 5.41) is 3.22. The van der Waals surface area contributed by atoms with Crippen molar-refractivity contribution in [2.24, 2.45) is 28.6 Å². The molecule has 2 atom stereocenters. The van der Waals surface area contributed by atoms with Crippen LogP contribution in [-0.2, 0) is 4.79 Å². The molecule has 0 heterocycles. The number of nitrogens with one attached hydrogen (secondary N) is 1. The molecule has 4 rings (SSSR count). The van der Waals surface area contributed by atoms with Crippen LogP contribution < -0.4 is 5.32 Å². The fourth-order valence-electron chi connectivity index (χ4n) is 4.61. The van der Waals surface area contributed by atoms with Crippen molar-refractivity contribution in [2.45, 2.75) is 52.9 Å². The van der Waals surface area contributed by atoms with Gasteiger partial charge in [-0.05, 0) is 55.3 Å². The highest BCUT2D eigenvalue weighted by atomic mass is 16.2. The molecular weight excluding hydrogens is 210 g/mol. The van der Waals surface area contributed by atoms with Crippen LogP contribution in [0.25, 0.3) is 0 Å². The van der Waals surface area contributed by atoms with Crippen molar-refractivity contribution in [1.82, 2.24) is 5.32 Å². The Labute approximate surface area is 105 Å². The molecule has 1 amide bonds. The zero-order valence-corrected chi connectivity index (χ0v) is 11.4. The van der Waals surface area contributed by atoms with E-state index in [0.29, 0.717) is 11.3 Å². The molecule has 96 valence electrons. The first kappa shape index (κ1) is 11.6. The highest BCUT2D eigenvalue weighted by Crippen LogP contribution is 2.69. The van der Waals surface area contributed by atoms with Gasteiger partial charge in [0, 0.05) is 6.54 Å². The first-order chi connectivity index (χ1) is 7.91. The Morgan fingerprint density at radius 1 is 1.24 bits per heavy atom. The van der Waals surface area contributed by atoms with E-state index in [1.807, 2.05) is 0 Å². The Morgan fingerprint density at radius 3 is 2.24 bits per heavy atom. The summed E-state index contributed by atoms with van der Waals surface area (Å²) < 4.78 is 0. The zero-order chi connectivity index (χ0) is 12.3. The first-order valence-electron chi connectivity index (χ1n) is 7.19. The average Bonchev–Trinajstić information content (AvgIpc) is 2.85. The number of carbonyl (C=O) groups is 1. The second kappa shape index (κ2) is 3.49. The molecule has 17 heavy (non-hydrogen) atoms. The highest BCUT2D eigenvalue weighted by Gasteiger charge is 2.66. The Hall–Kier alpha value is -0.530. The zero-order valence-electron chi connectivity index (χ0n) is 11.4. The molecule has 0 aromatic carbocycles. The Balaban J connectivity index is 1.57. The van der Waals surface area contributed by atoms with Crippen molar-refractivity contribution >= 4 is 5.91 Å². The van der Waals surface area contributed by atoms with Crippen LogP contribution in [0, 0.1) is 28.6 Å². The van der Waals surface area contributed by atoms with E-state index >= 15 is 0 Å². The molecule has 2 nitrogen and oxygen atoms in total. The van der Waals surface area contributed by atoms with Gasteiger partial charge in [0.05, 0.1) is 5.41 Å². The van der Waals surface area contributed by atoms with Gasteiger partial charge >= 0.3 is 0 Å². The lowest BCUT2D eigenvalue weighted by Gasteiger charge is -2.28. The van der Waals surface area contributed by atoms with E-state index in [2.05, 4.69) is 26.1 Å². The fraction of sp³-hybridized carbons (Fsp3) is 0.933. The third-order valence-corrected chi connectivity index (χ3v) is 5.49. The van der Waals surface area contributed by atoms with E-state index in [4.69, 9.17) is 0 Å². The molecule has 0 aromatic rings. The van der Waals surface area contributed by atoms with Crippen molar-refractivity contribution in [3.05, 3.63) is 0 Å². The standard InChI is InChI=1S/C15H25NO/c1-14(2,3)4-5-16-13(17)15-8-10-6-12(15)7-11(10)9-15/h10-12H,4-9H2,1-3H3,(H,16,17). The highest BCUT2D eigenvalue weighted by molar-refractivity contribution is 5.84. The van der Waals surface area contributed by atoms with Crippen LogP contribution in [0.2, 0.25) is 0 Å². The monoisotopic (exact) mass is 235 g/mol. The lowest BCUT2D eigenvalue weighted by molar-refractivity contribution is -0.131. The van der Waals surface area contributed by atoms with Crippen LogP contribution in [0.3, 0.4) is 0 Å². The summed E-state index contributed by atoms with van der Waals surface area (Å²) in [6, 6.07) is 0. The van der Waals surface area contributed by atoms with Gasteiger partial charge in [0.15, 0.2) is 0 Å². The molecule has 4 saturated carbocycles. The molecule has 2 unspecified atom stereocenters. The summed E-state index contributed by atoms with van der Waals surface area (Å²) in [4.78, 5) is 12.4. The van der Waals surface area contributed by atoms with Gasteiger partial charge in [-0.1, -0.05) is 20.8 Å². The molecule has 4 fully saturated rings. The summed E-state index contributed by atoms with van der Waals surface area (Å²) in [7, 11) is 0. The molecule has 2 heteroatoms. The lowest BCUT2D eigenvalue weighted by Crippen LogP contribution is -2.41. The smallest absolute Gasteiger partial charge is 0.226 e. The maximum absolute atomic E-state index is 12.4. The van der Waals surface area contributed by atoms with Gasteiger partial charge < -0.3 is 5.32 Å². The molecule has 4 bridgehead atoms. The Bertz CT molecular complexity index is 327. The SMILES string of the molecule is CC(C)(C)CCNC(=O)C12CC3CC1CC3C2. The van der Waals surface area contributed by atoms with Crippen molar-refractivity contribution < 1.29 is 4.79 Å². The predicted octanol–water partition coefficient (Wildman–Crippen LogP) is 2.98. The van der Waals surface area contributed by atoms with E-state index in [9.17, 15) is 4.79 Å². The second-order valence-electron chi connectivity index (χ2n) is 7.82. The maximum atomic E-state index is 12.4. The van der Waals surface area contributed by atoms with Crippen LogP contribution in [0.15, 0.2) is 0 Å². The predicted molar refractivity (Wildman–Crippen MR) is 68.5 cm³/mol. The lowest BCUT2D eigenvalue weighted by atomic mass is 9.80. The fourth-order valence-corrected chi connectivity index (χ4v) is 4.61. The summed E-state index contributed by atoms with van der Waals surface area (Å²) in [6.07, 6.45) is 6.16. The molecule has 4 aliphatic carbocycles. The third kappa shape index (κ3) is 1.71. The van der Waals surface area contributed by atoms with Crippen molar-refractivity contribution in [1.29, 1.82) is 0 Å². The summed E-state index contributed by atoms with van der Waals surface area (Å²) in [5.74, 6) is 2.91. The molecule has 1 N–H and O–H groups in total. The molecule has 0 saturated heterocycles. The van der Waals surface area contributed by atoms with Gasteiger partial charge in [0.1, 0.15) is 0 Å². The molecule has 0 spiro atoms. The van der Waals surface area contributed by atoms with E-state index < -0.39 is 0 Å². The summed E-state index contributed by atoms with van der Waals surface area (Å²) >= 11 is 0. The largest absolute Gasteiger partial charge is 0.356 e. The van der Waals surface area contributed by atoms with Gasteiger partial charge in [-0.15, -0.1) is 0 Å². The topological polar surface area (TPSA) is 29.1 Å². The molecular formula is C15H25NO. The van der Waals surface area contributed by atoms with Gasteiger partial charge in [-0.3, -0.25) is 4.79 Å². The number of rotatable bonds is 3. The quantitative estimate of drug-likeness (QED) is 0.800. The Kier molecular flexibility index (Phi) is 2.37. The van der Waals surface area contributed by atoms with Crippen molar-refractivity contribution in [3.63, 3.8) is 0 Å². The minimum absolute atomic E-state index is 0.0766. The number of hydrogen-bond donors (Lipinski definition) is 1. The number of amides is 1. The number of carbonyl (C=O) groups excluding carboxylic acids is 1. The number of hydrogen-bond acceptors (Lipinski definition) is 1. The Morgan fingerprint density at radius 2 is 1.82 bits per heavy atom. The van der Waals surface area contributed by atoms with Crippen LogP contribution in [0.4, 0.5) is 0 Å². The van der Waals surface area contributed by atoms with Gasteiger partial charge in [0.2, 0.25) is 5.91 Å². The van der Waals surface area contributed by atoms with Crippen LogP contribution in [0.5, 0.6) is 0 Å². The third-order valence-electron chi connectivity index (χ3n) is 5.49. The summed E-state index contributed by atoms with van der Waals surface area (Å²) in [6.45, 7) is 7.55. The van der Waals surface area contributed by atoms with E-state index in [1.165, 1.54) is 25.7 Å². The van der Waals surface area contributed by atoms with E-state index in [-0.39, 0.29) is 5.41 Å². The molecule has 0 aliphatic heterocycles. The average molecular weight is 235 g/mol. The van der Waals surface area contributed by atoms with Crippen LogP contribution in [0.1, 0.15) is 52.9 Å². The molecule has 0 radical (unpaired) electrons. The molecule has 4 aliphatic rings. The first-order valence-corrected chi connectivity index (χ1v) is 7.19. The minimum atomic E-state index is 0.0766. The van der Waals surface area contributed by atoms with E-state index in [0.717, 1.165) is 30.7 Å². The summed E-state index contributed by atoms with van der Waals surface area (Å²) in [5.41, 5.74) is 0.397. The minimum Gasteiger partial charge on any atom is -0.356 e. The van der Waals surface area contributed by atoms with Gasteiger partial charge in [-0.25, -0.2) is 0 Å². The normalized spacial score (nSPS) is 42.4. The van der Waals surface area contributed by atoms with Gasteiger partial charge in [0.25, 0.3) is 0 Å².